The third-order valence-electron chi connectivity index (χ3n) is 2.75. The fraction of sp³-hybridized carbons (Fsp3) is 0.308. The predicted molar refractivity (Wildman–Crippen MR) is 72.7 cm³/mol. The number of aromatic nitrogens is 2. The Morgan fingerprint density at radius 1 is 1.53 bits per heavy atom. The molecule has 0 aliphatic heterocycles. The largest absolute Gasteiger partial charge is 0.494 e. The number of benzene rings is 1. The second-order valence-corrected chi connectivity index (χ2v) is 4.35. The Hall–Kier alpha value is -2.24. The van der Waals surface area contributed by atoms with Gasteiger partial charge >= 0.3 is 0 Å². The van der Waals surface area contributed by atoms with Crippen LogP contribution in [0.2, 0.25) is 0 Å². The minimum Gasteiger partial charge on any atom is -0.494 e. The lowest BCUT2D eigenvalue weighted by atomic mass is 10.2. The summed E-state index contributed by atoms with van der Waals surface area (Å²) in [5.41, 5.74) is 6.79. The van der Waals surface area contributed by atoms with Gasteiger partial charge in [-0.1, -0.05) is 0 Å². The number of rotatable bonds is 5. The lowest BCUT2D eigenvalue weighted by Crippen LogP contribution is -2.22. The maximum Gasteiger partial charge on any atom is 0.167 e. The molecule has 1 aromatic heterocycles. The SMILES string of the molecule is COc1cc(NC(C)Cn2cccn2)c(N)cc1F. The van der Waals surface area contributed by atoms with Crippen LogP contribution < -0.4 is 15.8 Å². The Balaban J connectivity index is 2.09. The minimum atomic E-state index is -0.467. The van der Waals surface area contributed by atoms with Crippen molar-refractivity contribution in [2.45, 2.75) is 19.5 Å². The van der Waals surface area contributed by atoms with Crippen LogP contribution in [0.25, 0.3) is 0 Å². The van der Waals surface area contributed by atoms with E-state index in [4.69, 9.17) is 10.5 Å². The quantitative estimate of drug-likeness (QED) is 0.812. The molecule has 0 aliphatic carbocycles. The smallest absolute Gasteiger partial charge is 0.167 e. The fourth-order valence-electron chi connectivity index (χ4n) is 1.85. The molecule has 19 heavy (non-hydrogen) atoms. The first-order valence-electron chi connectivity index (χ1n) is 5.97. The van der Waals surface area contributed by atoms with Gasteiger partial charge in [0.05, 0.1) is 25.0 Å². The molecule has 0 bridgehead atoms. The summed E-state index contributed by atoms with van der Waals surface area (Å²) < 4.78 is 20.2. The first-order chi connectivity index (χ1) is 9.10. The van der Waals surface area contributed by atoms with Gasteiger partial charge in [0.15, 0.2) is 11.6 Å². The number of nitrogen functional groups attached to an aromatic ring is 1. The van der Waals surface area contributed by atoms with Crippen LogP contribution >= 0.6 is 0 Å². The van der Waals surface area contributed by atoms with E-state index in [0.717, 1.165) is 0 Å². The van der Waals surface area contributed by atoms with Crippen LogP contribution in [0.1, 0.15) is 6.92 Å². The fourth-order valence-corrected chi connectivity index (χ4v) is 1.85. The molecule has 5 nitrogen and oxygen atoms in total. The molecule has 0 fully saturated rings. The topological polar surface area (TPSA) is 65.1 Å². The number of hydrogen-bond donors (Lipinski definition) is 2. The van der Waals surface area contributed by atoms with Gasteiger partial charge in [-0.15, -0.1) is 0 Å². The summed E-state index contributed by atoms with van der Waals surface area (Å²) in [6, 6.07) is 4.77. The van der Waals surface area contributed by atoms with Crippen LogP contribution in [0.4, 0.5) is 15.8 Å². The Bertz CT molecular complexity index is 542. The van der Waals surface area contributed by atoms with Gasteiger partial charge in [-0.25, -0.2) is 4.39 Å². The lowest BCUT2D eigenvalue weighted by Gasteiger charge is -2.17. The van der Waals surface area contributed by atoms with Crippen molar-refractivity contribution in [2.24, 2.45) is 0 Å². The van der Waals surface area contributed by atoms with Gasteiger partial charge in [-0.05, 0) is 13.0 Å². The molecule has 1 atom stereocenters. The molecule has 0 spiro atoms. The molecule has 6 heteroatoms. The number of halogens is 1. The zero-order chi connectivity index (χ0) is 13.8. The zero-order valence-electron chi connectivity index (χ0n) is 10.9. The van der Waals surface area contributed by atoms with E-state index in [-0.39, 0.29) is 11.8 Å². The summed E-state index contributed by atoms with van der Waals surface area (Å²) in [4.78, 5) is 0. The van der Waals surface area contributed by atoms with Crippen molar-refractivity contribution in [1.82, 2.24) is 9.78 Å². The summed E-state index contributed by atoms with van der Waals surface area (Å²) in [5, 5.41) is 7.35. The van der Waals surface area contributed by atoms with Gasteiger partial charge in [0, 0.05) is 30.6 Å². The highest BCUT2D eigenvalue weighted by atomic mass is 19.1. The molecule has 2 aromatic rings. The average molecular weight is 264 g/mol. The Kier molecular flexibility index (Phi) is 3.89. The zero-order valence-corrected chi connectivity index (χ0v) is 10.9. The number of ether oxygens (including phenoxy) is 1. The maximum atomic E-state index is 13.4. The molecule has 102 valence electrons. The van der Waals surface area contributed by atoms with E-state index in [1.807, 2.05) is 23.9 Å². The second kappa shape index (κ2) is 5.60. The van der Waals surface area contributed by atoms with Crippen LogP contribution in [0, 0.1) is 5.82 Å². The molecular weight excluding hydrogens is 247 g/mol. The first kappa shape index (κ1) is 13.2. The van der Waals surface area contributed by atoms with E-state index >= 15 is 0 Å². The molecule has 2 rings (SSSR count). The van der Waals surface area contributed by atoms with Crippen LogP contribution in [-0.4, -0.2) is 22.9 Å². The van der Waals surface area contributed by atoms with E-state index < -0.39 is 5.82 Å². The van der Waals surface area contributed by atoms with Crippen molar-refractivity contribution in [3.05, 3.63) is 36.4 Å². The van der Waals surface area contributed by atoms with Crippen molar-refractivity contribution in [3.8, 4) is 5.75 Å². The summed E-state index contributed by atoms with van der Waals surface area (Å²) in [6.07, 6.45) is 3.61. The van der Waals surface area contributed by atoms with Crippen molar-refractivity contribution in [3.63, 3.8) is 0 Å². The number of hydrogen-bond acceptors (Lipinski definition) is 4. The first-order valence-corrected chi connectivity index (χ1v) is 5.97. The molecule has 1 aromatic carbocycles. The van der Waals surface area contributed by atoms with Gasteiger partial charge in [0.1, 0.15) is 0 Å². The molecular formula is C13H17FN4O. The molecule has 0 saturated heterocycles. The van der Waals surface area contributed by atoms with Gasteiger partial charge in [0.2, 0.25) is 0 Å². The van der Waals surface area contributed by atoms with Gasteiger partial charge in [-0.2, -0.15) is 5.10 Å². The minimum absolute atomic E-state index is 0.0948. The van der Waals surface area contributed by atoms with E-state index in [2.05, 4.69) is 10.4 Å². The predicted octanol–water partition coefficient (Wildman–Crippen LogP) is 2.11. The number of methoxy groups -OCH3 is 1. The van der Waals surface area contributed by atoms with Crippen molar-refractivity contribution < 1.29 is 9.13 Å². The number of nitrogens with one attached hydrogen (secondary N) is 1. The molecule has 1 heterocycles. The van der Waals surface area contributed by atoms with Crippen LogP contribution in [0.3, 0.4) is 0 Å². The third kappa shape index (κ3) is 3.15. The molecule has 0 radical (unpaired) electrons. The highest BCUT2D eigenvalue weighted by molar-refractivity contribution is 5.68. The molecule has 0 amide bonds. The molecule has 0 aliphatic rings. The van der Waals surface area contributed by atoms with E-state index in [0.29, 0.717) is 17.9 Å². The van der Waals surface area contributed by atoms with E-state index in [1.54, 1.807) is 12.3 Å². The third-order valence-corrected chi connectivity index (χ3v) is 2.75. The summed E-state index contributed by atoms with van der Waals surface area (Å²) >= 11 is 0. The van der Waals surface area contributed by atoms with Crippen molar-refractivity contribution >= 4 is 11.4 Å². The Labute approximate surface area is 111 Å². The second-order valence-electron chi connectivity index (χ2n) is 4.35. The van der Waals surface area contributed by atoms with Crippen molar-refractivity contribution in [2.75, 3.05) is 18.2 Å². The van der Waals surface area contributed by atoms with Gasteiger partial charge in [0.25, 0.3) is 0 Å². The normalized spacial score (nSPS) is 12.2. The van der Waals surface area contributed by atoms with Crippen LogP contribution in [0.15, 0.2) is 30.6 Å². The van der Waals surface area contributed by atoms with Crippen molar-refractivity contribution in [1.29, 1.82) is 0 Å². The standard InChI is InChI=1S/C13H17FN4O/c1-9(8-18-5-3-4-16-18)17-12-7-13(19-2)10(14)6-11(12)15/h3-7,9,17H,8,15H2,1-2H3. The van der Waals surface area contributed by atoms with Gasteiger partial charge in [-0.3, -0.25) is 4.68 Å². The average Bonchev–Trinajstić information content (AvgIpc) is 2.85. The molecule has 1 unspecified atom stereocenters. The maximum absolute atomic E-state index is 13.4. The highest BCUT2D eigenvalue weighted by Gasteiger charge is 2.11. The summed E-state index contributed by atoms with van der Waals surface area (Å²) in [6.45, 7) is 2.68. The van der Waals surface area contributed by atoms with E-state index in [9.17, 15) is 4.39 Å². The Morgan fingerprint density at radius 3 is 2.95 bits per heavy atom. The number of nitrogens with zero attached hydrogens (tertiary/aromatic N) is 2. The number of anilines is 2. The summed E-state index contributed by atoms with van der Waals surface area (Å²) in [5.74, 6) is -0.298. The Morgan fingerprint density at radius 2 is 2.32 bits per heavy atom. The summed E-state index contributed by atoms with van der Waals surface area (Å²) in [7, 11) is 1.42. The molecule has 0 saturated carbocycles. The van der Waals surface area contributed by atoms with Crippen LogP contribution in [-0.2, 0) is 6.54 Å². The monoisotopic (exact) mass is 264 g/mol. The van der Waals surface area contributed by atoms with E-state index in [1.165, 1.54) is 13.2 Å². The van der Waals surface area contributed by atoms with Crippen LogP contribution in [0.5, 0.6) is 5.75 Å². The number of nitrogens with two attached hydrogens (primary N) is 1. The molecule has 3 N–H and O–H groups in total. The lowest BCUT2D eigenvalue weighted by molar-refractivity contribution is 0.387. The van der Waals surface area contributed by atoms with Gasteiger partial charge < -0.3 is 15.8 Å². The highest BCUT2D eigenvalue weighted by Crippen LogP contribution is 2.28.